The van der Waals surface area contributed by atoms with Crippen LogP contribution in [-0.2, 0) is 16.2 Å². The Morgan fingerprint density at radius 3 is 2.67 bits per heavy atom. The van der Waals surface area contributed by atoms with Crippen LogP contribution in [0.15, 0.2) is 46.3 Å². The lowest BCUT2D eigenvalue weighted by molar-refractivity contribution is -0.117. The summed E-state index contributed by atoms with van der Waals surface area (Å²) in [5.41, 5.74) is 1.54. The Balaban J connectivity index is 1.76. The largest absolute Gasteiger partial charge is 0.490 e. The number of amides is 2. The molecule has 0 fully saturated rings. The van der Waals surface area contributed by atoms with Crippen molar-refractivity contribution in [3.05, 3.63) is 62.5 Å². The highest BCUT2D eigenvalue weighted by Gasteiger charge is 2.22. The van der Waals surface area contributed by atoms with Crippen molar-refractivity contribution in [2.45, 2.75) is 20.5 Å². The molecular weight excluding hydrogens is 447 g/mol. The van der Waals surface area contributed by atoms with Crippen LogP contribution in [0.3, 0.4) is 0 Å². The zero-order valence-corrected chi connectivity index (χ0v) is 18.5. The highest BCUT2D eigenvalue weighted by atomic mass is 35.5. The molecule has 2 amide bonds. The molecule has 0 aromatic heterocycles. The van der Waals surface area contributed by atoms with Crippen molar-refractivity contribution >= 4 is 58.0 Å². The molecule has 2 aromatic rings. The van der Waals surface area contributed by atoms with Crippen LogP contribution in [0.2, 0.25) is 10.0 Å². The number of hydrogen-bond acceptors (Lipinski definition) is 5. The molecule has 0 radical (unpaired) electrons. The molecule has 0 bridgehead atoms. The number of aliphatic imine (C=N–C) groups is 1. The second-order valence-corrected chi connectivity index (χ2v) is 8.05. The number of thioether (sulfide) groups is 1. The third-order valence-electron chi connectivity index (χ3n) is 3.87. The van der Waals surface area contributed by atoms with E-state index in [1.807, 2.05) is 6.92 Å². The topological polar surface area (TPSA) is 77.0 Å². The van der Waals surface area contributed by atoms with Crippen LogP contribution in [0.1, 0.15) is 25.0 Å². The van der Waals surface area contributed by atoms with E-state index in [1.165, 1.54) is 6.92 Å². The summed E-state index contributed by atoms with van der Waals surface area (Å²) in [5, 5.41) is 3.86. The van der Waals surface area contributed by atoms with Crippen molar-refractivity contribution < 1.29 is 19.1 Å². The molecule has 0 saturated heterocycles. The van der Waals surface area contributed by atoms with Crippen molar-refractivity contribution in [3.8, 4) is 11.5 Å². The first-order valence-electron chi connectivity index (χ1n) is 8.99. The normalized spacial score (nSPS) is 14.6. The zero-order valence-electron chi connectivity index (χ0n) is 16.2. The lowest BCUT2D eigenvalue weighted by Gasteiger charge is -2.13. The van der Waals surface area contributed by atoms with E-state index in [0.29, 0.717) is 33.1 Å². The van der Waals surface area contributed by atoms with Crippen LogP contribution in [0.4, 0.5) is 0 Å². The number of amidine groups is 1. The maximum absolute atomic E-state index is 12.1. The van der Waals surface area contributed by atoms with Crippen LogP contribution in [-0.4, -0.2) is 23.6 Å². The number of carbonyl (C=O) groups is 2. The summed E-state index contributed by atoms with van der Waals surface area (Å²) in [6.07, 6.45) is 1.69. The number of carbonyl (C=O) groups excluding carboxylic acids is 2. The number of benzene rings is 2. The minimum absolute atomic E-state index is 0.249. The van der Waals surface area contributed by atoms with Gasteiger partial charge in [-0.1, -0.05) is 35.3 Å². The molecule has 9 heteroatoms. The fourth-order valence-corrected chi connectivity index (χ4v) is 3.88. The van der Waals surface area contributed by atoms with Gasteiger partial charge in [-0.25, -0.2) is 0 Å². The van der Waals surface area contributed by atoms with E-state index < -0.39 is 5.91 Å². The molecular formula is C21H18Cl2N2O4S. The van der Waals surface area contributed by atoms with Gasteiger partial charge in [-0.2, -0.15) is 4.99 Å². The molecule has 0 spiro atoms. The number of nitrogens with one attached hydrogen (secondary N) is 1. The Morgan fingerprint density at radius 2 is 1.97 bits per heavy atom. The molecule has 0 atom stereocenters. The van der Waals surface area contributed by atoms with Gasteiger partial charge >= 0.3 is 0 Å². The summed E-state index contributed by atoms with van der Waals surface area (Å²) in [5.74, 6) is 0.400. The minimum Gasteiger partial charge on any atom is -0.490 e. The summed E-state index contributed by atoms with van der Waals surface area (Å²) in [4.78, 5) is 27.4. The fraction of sp³-hybridized carbons (Fsp3) is 0.190. The maximum atomic E-state index is 12.1. The Bertz CT molecular complexity index is 1050. The second kappa shape index (κ2) is 10.0. The average Bonchev–Trinajstić information content (AvgIpc) is 3.00. The van der Waals surface area contributed by atoms with Crippen LogP contribution in [0.25, 0.3) is 6.08 Å². The zero-order chi connectivity index (χ0) is 21.7. The highest BCUT2D eigenvalue weighted by molar-refractivity contribution is 8.18. The monoisotopic (exact) mass is 464 g/mol. The molecule has 2 aromatic carbocycles. The second-order valence-electron chi connectivity index (χ2n) is 6.18. The quantitative estimate of drug-likeness (QED) is 0.603. The van der Waals surface area contributed by atoms with Crippen molar-refractivity contribution in [2.75, 3.05) is 6.61 Å². The average molecular weight is 465 g/mol. The number of ether oxygens (including phenoxy) is 2. The number of nitrogens with zero attached hydrogens (tertiary/aromatic N) is 1. The Labute approximate surface area is 188 Å². The van der Waals surface area contributed by atoms with Gasteiger partial charge in [0.05, 0.1) is 11.5 Å². The first-order chi connectivity index (χ1) is 14.4. The minimum atomic E-state index is -0.403. The Kier molecular flexibility index (Phi) is 7.42. The van der Waals surface area contributed by atoms with Gasteiger partial charge < -0.3 is 14.8 Å². The summed E-state index contributed by atoms with van der Waals surface area (Å²) < 4.78 is 11.6. The molecule has 6 nitrogen and oxygen atoms in total. The molecule has 0 saturated carbocycles. The fourth-order valence-electron chi connectivity index (χ4n) is 2.56. The SMILES string of the molecule is CCOc1cc(/C=C2\SC(NC(C)=O)=NC2=O)ccc1OCc1ccc(Cl)cc1Cl. The van der Waals surface area contributed by atoms with Crippen molar-refractivity contribution in [2.24, 2.45) is 4.99 Å². The van der Waals surface area contributed by atoms with Gasteiger partial charge in [-0.05, 0) is 54.6 Å². The number of halogens is 2. The maximum Gasteiger partial charge on any atom is 0.286 e. The van der Waals surface area contributed by atoms with Crippen molar-refractivity contribution in [1.82, 2.24) is 5.32 Å². The van der Waals surface area contributed by atoms with E-state index in [1.54, 1.807) is 42.5 Å². The molecule has 1 aliphatic rings. The lowest BCUT2D eigenvalue weighted by Crippen LogP contribution is -2.23. The van der Waals surface area contributed by atoms with E-state index in [4.69, 9.17) is 32.7 Å². The molecule has 0 aliphatic carbocycles. The highest BCUT2D eigenvalue weighted by Crippen LogP contribution is 2.33. The Morgan fingerprint density at radius 1 is 1.17 bits per heavy atom. The molecule has 30 heavy (non-hydrogen) atoms. The molecule has 1 heterocycles. The van der Waals surface area contributed by atoms with E-state index in [2.05, 4.69) is 10.3 Å². The summed E-state index contributed by atoms with van der Waals surface area (Å²) >= 11 is 13.2. The first kappa shape index (κ1) is 22.2. The number of hydrogen-bond donors (Lipinski definition) is 1. The molecule has 3 rings (SSSR count). The predicted octanol–water partition coefficient (Wildman–Crippen LogP) is 5.08. The van der Waals surface area contributed by atoms with Crippen LogP contribution in [0, 0.1) is 0 Å². The van der Waals surface area contributed by atoms with Crippen molar-refractivity contribution in [1.29, 1.82) is 0 Å². The lowest BCUT2D eigenvalue weighted by atomic mass is 10.2. The van der Waals surface area contributed by atoms with Crippen molar-refractivity contribution in [3.63, 3.8) is 0 Å². The summed E-state index contributed by atoms with van der Waals surface area (Å²) in [6, 6.07) is 10.6. The van der Waals surface area contributed by atoms with E-state index in [9.17, 15) is 9.59 Å². The van der Waals surface area contributed by atoms with E-state index >= 15 is 0 Å². The van der Waals surface area contributed by atoms with E-state index in [-0.39, 0.29) is 17.7 Å². The van der Waals surface area contributed by atoms with Gasteiger partial charge in [-0.3, -0.25) is 9.59 Å². The standard InChI is InChI=1S/C21H18Cl2N2O4S/c1-3-28-18-8-13(9-19-20(27)25-21(30-19)24-12(2)26)4-7-17(18)29-11-14-5-6-15(22)10-16(14)23/h4-10H,3,11H2,1-2H3,(H,24,25,26,27)/b19-9-. The summed E-state index contributed by atoms with van der Waals surface area (Å²) in [6.45, 7) is 3.93. The van der Waals surface area contributed by atoms with Gasteiger partial charge in [0.2, 0.25) is 5.91 Å². The van der Waals surface area contributed by atoms with E-state index in [0.717, 1.165) is 22.9 Å². The molecule has 1 aliphatic heterocycles. The predicted molar refractivity (Wildman–Crippen MR) is 120 cm³/mol. The molecule has 0 unspecified atom stereocenters. The first-order valence-corrected chi connectivity index (χ1v) is 10.6. The van der Waals surface area contributed by atoms with Gasteiger partial charge in [0.15, 0.2) is 16.7 Å². The van der Waals surface area contributed by atoms with Gasteiger partial charge in [0.25, 0.3) is 5.91 Å². The van der Waals surface area contributed by atoms with Crippen LogP contribution in [0.5, 0.6) is 11.5 Å². The third-order valence-corrected chi connectivity index (χ3v) is 5.35. The van der Waals surface area contributed by atoms with Crippen LogP contribution < -0.4 is 14.8 Å². The van der Waals surface area contributed by atoms with Gasteiger partial charge in [0.1, 0.15) is 6.61 Å². The van der Waals surface area contributed by atoms with Crippen LogP contribution >= 0.6 is 35.0 Å². The molecule has 156 valence electrons. The van der Waals surface area contributed by atoms with Gasteiger partial charge in [0, 0.05) is 22.5 Å². The molecule has 1 N–H and O–H groups in total. The van der Waals surface area contributed by atoms with Gasteiger partial charge in [-0.15, -0.1) is 0 Å². The summed E-state index contributed by atoms with van der Waals surface area (Å²) in [7, 11) is 0. The smallest absolute Gasteiger partial charge is 0.286 e. The Hall–Kier alpha value is -2.48. The third kappa shape index (κ3) is 5.78. The number of rotatable bonds is 6.